The molecule has 0 aliphatic carbocycles. The molecule has 1 N–H and O–H groups in total. The quantitative estimate of drug-likeness (QED) is 0.801. The summed E-state index contributed by atoms with van der Waals surface area (Å²) in [6.07, 6.45) is 3.35. The minimum atomic E-state index is -0.991. The van der Waals surface area contributed by atoms with Crippen LogP contribution in [0.5, 0.6) is 0 Å². The summed E-state index contributed by atoms with van der Waals surface area (Å²) in [6.45, 7) is 0. The van der Waals surface area contributed by atoms with Gasteiger partial charge in [0.2, 0.25) is 0 Å². The largest absolute Gasteiger partial charge is 0.478 e. The molecule has 0 aliphatic heterocycles. The maximum Gasteiger partial charge on any atom is 0.335 e. The number of benzene rings is 2. The standard InChI is InChI=1S/C16H11FN2O2/c17-14-5-1-3-11(7-14)13-9-18-19(10-13)15-6-2-4-12(8-15)16(20)21/h1-10H,(H,20,21). The van der Waals surface area contributed by atoms with Crippen molar-refractivity contribution < 1.29 is 14.3 Å². The summed E-state index contributed by atoms with van der Waals surface area (Å²) in [5, 5.41) is 13.2. The van der Waals surface area contributed by atoms with E-state index in [9.17, 15) is 9.18 Å². The van der Waals surface area contributed by atoms with Gasteiger partial charge in [0.15, 0.2) is 0 Å². The first-order valence-electron chi connectivity index (χ1n) is 6.28. The summed E-state index contributed by atoms with van der Waals surface area (Å²) in [6, 6.07) is 12.7. The summed E-state index contributed by atoms with van der Waals surface area (Å²) >= 11 is 0. The number of aromatic carboxylic acids is 1. The summed E-state index contributed by atoms with van der Waals surface area (Å²) in [4.78, 5) is 11.0. The molecule has 0 amide bonds. The molecule has 0 aliphatic rings. The van der Waals surface area contributed by atoms with Crippen LogP contribution in [-0.4, -0.2) is 20.9 Å². The Hall–Kier alpha value is -2.95. The van der Waals surface area contributed by atoms with Gasteiger partial charge in [0.25, 0.3) is 0 Å². The van der Waals surface area contributed by atoms with Crippen molar-refractivity contribution in [2.45, 2.75) is 0 Å². The molecule has 104 valence electrons. The van der Waals surface area contributed by atoms with Crippen molar-refractivity contribution in [2.24, 2.45) is 0 Å². The van der Waals surface area contributed by atoms with Crippen LogP contribution in [0.1, 0.15) is 10.4 Å². The van der Waals surface area contributed by atoms with Crippen LogP contribution >= 0.6 is 0 Å². The van der Waals surface area contributed by atoms with Crippen molar-refractivity contribution >= 4 is 5.97 Å². The first-order valence-corrected chi connectivity index (χ1v) is 6.28. The fourth-order valence-corrected chi connectivity index (χ4v) is 2.06. The highest BCUT2D eigenvalue weighted by Gasteiger charge is 2.07. The summed E-state index contributed by atoms with van der Waals surface area (Å²) in [5.41, 5.74) is 2.30. The lowest BCUT2D eigenvalue weighted by Crippen LogP contribution is -1.99. The van der Waals surface area contributed by atoms with Crippen LogP contribution in [0.25, 0.3) is 16.8 Å². The molecular formula is C16H11FN2O2. The predicted molar refractivity (Wildman–Crippen MR) is 75.9 cm³/mol. The van der Waals surface area contributed by atoms with Crippen molar-refractivity contribution in [1.82, 2.24) is 9.78 Å². The highest BCUT2D eigenvalue weighted by molar-refractivity contribution is 5.88. The maximum atomic E-state index is 13.2. The highest BCUT2D eigenvalue weighted by Crippen LogP contribution is 2.21. The summed E-state index contributed by atoms with van der Waals surface area (Å²) < 4.78 is 14.8. The minimum absolute atomic E-state index is 0.190. The van der Waals surface area contributed by atoms with Crippen LogP contribution < -0.4 is 0 Å². The van der Waals surface area contributed by atoms with E-state index in [4.69, 9.17) is 5.11 Å². The van der Waals surface area contributed by atoms with Gasteiger partial charge in [0.1, 0.15) is 5.82 Å². The topological polar surface area (TPSA) is 55.1 Å². The Morgan fingerprint density at radius 2 is 1.90 bits per heavy atom. The van der Waals surface area contributed by atoms with Gasteiger partial charge < -0.3 is 5.11 Å². The molecule has 1 heterocycles. The van der Waals surface area contributed by atoms with Gasteiger partial charge >= 0.3 is 5.97 Å². The molecule has 3 rings (SSSR count). The smallest absolute Gasteiger partial charge is 0.335 e. The van der Waals surface area contributed by atoms with Gasteiger partial charge in [0, 0.05) is 11.8 Å². The highest BCUT2D eigenvalue weighted by atomic mass is 19.1. The number of hydrogen-bond acceptors (Lipinski definition) is 2. The average molecular weight is 282 g/mol. The first kappa shape index (κ1) is 13.1. The number of nitrogens with zero attached hydrogens (tertiary/aromatic N) is 2. The van der Waals surface area contributed by atoms with Crippen LogP contribution in [-0.2, 0) is 0 Å². The third-order valence-corrected chi connectivity index (χ3v) is 3.10. The number of carboxylic acids is 1. The molecule has 4 nitrogen and oxygen atoms in total. The molecule has 0 saturated carbocycles. The molecule has 3 aromatic rings. The van der Waals surface area contributed by atoms with E-state index < -0.39 is 5.97 Å². The van der Waals surface area contributed by atoms with E-state index in [0.717, 1.165) is 11.1 Å². The number of carboxylic acid groups (broad SMARTS) is 1. The number of halogens is 1. The van der Waals surface area contributed by atoms with Crippen LogP contribution in [0.3, 0.4) is 0 Å². The van der Waals surface area contributed by atoms with Gasteiger partial charge in [-0.1, -0.05) is 18.2 Å². The Morgan fingerprint density at radius 3 is 2.67 bits per heavy atom. The average Bonchev–Trinajstić information content (AvgIpc) is 2.97. The normalized spacial score (nSPS) is 10.5. The Kier molecular flexibility index (Phi) is 3.23. The summed E-state index contributed by atoms with van der Waals surface area (Å²) in [7, 11) is 0. The Bertz CT molecular complexity index is 811. The van der Waals surface area contributed by atoms with Gasteiger partial charge in [-0.25, -0.2) is 13.9 Å². The molecule has 2 aromatic carbocycles. The first-order chi connectivity index (χ1) is 10.1. The zero-order valence-corrected chi connectivity index (χ0v) is 10.9. The van der Waals surface area contributed by atoms with Crippen molar-refractivity contribution in [3.63, 3.8) is 0 Å². The van der Waals surface area contributed by atoms with Crippen molar-refractivity contribution in [1.29, 1.82) is 0 Å². The fourth-order valence-electron chi connectivity index (χ4n) is 2.06. The molecule has 0 spiro atoms. The molecule has 0 atom stereocenters. The third-order valence-electron chi connectivity index (χ3n) is 3.10. The number of aromatic nitrogens is 2. The number of rotatable bonds is 3. The second kappa shape index (κ2) is 5.20. The molecule has 5 heteroatoms. The lowest BCUT2D eigenvalue weighted by atomic mass is 10.1. The maximum absolute atomic E-state index is 13.2. The fraction of sp³-hybridized carbons (Fsp3) is 0. The minimum Gasteiger partial charge on any atom is -0.478 e. The van der Waals surface area contributed by atoms with Crippen LogP contribution in [0.2, 0.25) is 0 Å². The van der Waals surface area contributed by atoms with E-state index >= 15 is 0 Å². The van der Waals surface area contributed by atoms with Gasteiger partial charge in [-0.2, -0.15) is 5.10 Å². The van der Waals surface area contributed by atoms with E-state index in [1.807, 2.05) is 0 Å². The van der Waals surface area contributed by atoms with Crippen LogP contribution in [0.15, 0.2) is 60.9 Å². The number of carbonyl (C=O) groups is 1. The lowest BCUT2D eigenvalue weighted by molar-refractivity contribution is 0.0697. The number of hydrogen-bond donors (Lipinski definition) is 1. The Balaban J connectivity index is 1.98. The molecule has 1 aromatic heterocycles. The molecule has 0 radical (unpaired) electrons. The SMILES string of the molecule is O=C(O)c1cccc(-n2cc(-c3cccc(F)c3)cn2)c1. The zero-order valence-electron chi connectivity index (χ0n) is 10.9. The molecule has 0 unspecified atom stereocenters. The monoisotopic (exact) mass is 282 g/mol. The second-order valence-corrected chi connectivity index (χ2v) is 4.54. The molecular weight excluding hydrogens is 271 g/mol. The Labute approximate surface area is 120 Å². The molecule has 21 heavy (non-hydrogen) atoms. The molecule has 0 bridgehead atoms. The second-order valence-electron chi connectivity index (χ2n) is 4.54. The van der Waals surface area contributed by atoms with E-state index in [1.54, 1.807) is 41.3 Å². The van der Waals surface area contributed by atoms with Gasteiger partial charge in [-0.15, -0.1) is 0 Å². The van der Waals surface area contributed by atoms with Gasteiger partial charge in [-0.05, 0) is 35.9 Å². The molecule has 0 fully saturated rings. The van der Waals surface area contributed by atoms with E-state index in [-0.39, 0.29) is 11.4 Å². The Morgan fingerprint density at radius 1 is 1.10 bits per heavy atom. The summed E-state index contributed by atoms with van der Waals surface area (Å²) in [5.74, 6) is -1.30. The van der Waals surface area contributed by atoms with E-state index in [2.05, 4.69) is 5.10 Å². The molecule has 0 saturated heterocycles. The van der Waals surface area contributed by atoms with Crippen LogP contribution in [0, 0.1) is 5.82 Å². The van der Waals surface area contributed by atoms with Crippen LogP contribution in [0.4, 0.5) is 4.39 Å². The van der Waals surface area contributed by atoms with Gasteiger partial charge in [-0.3, -0.25) is 0 Å². The van der Waals surface area contributed by atoms with Crippen molar-refractivity contribution in [2.75, 3.05) is 0 Å². The van der Waals surface area contributed by atoms with E-state index in [0.29, 0.717) is 5.69 Å². The van der Waals surface area contributed by atoms with E-state index in [1.165, 1.54) is 24.3 Å². The third kappa shape index (κ3) is 2.67. The van der Waals surface area contributed by atoms with Crippen molar-refractivity contribution in [3.05, 3.63) is 72.3 Å². The predicted octanol–water partition coefficient (Wildman–Crippen LogP) is 3.38. The zero-order chi connectivity index (χ0) is 14.8. The lowest BCUT2D eigenvalue weighted by Gasteiger charge is -2.02. The van der Waals surface area contributed by atoms with Crippen molar-refractivity contribution in [3.8, 4) is 16.8 Å². The van der Waals surface area contributed by atoms with Gasteiger partial charge in [0.05, 0.1) is 17.4 Å².